The number of ether oxygens (including phenoxy) is 1. The maximum absolute atomic E-state index is 12.7. The number of aliphatic hydroxyl groups is 1. The number of halogens is 3. The van der Waals surface area contributed by atoms with Crippen molar-refractivity contribution in [3.63, 3.8) is 0 Å². The van der Waals surface area contributed by atoms with E-state index in [1.165, 1.54) is 31.5 Å². The van der Waals surface area contributed by atoms with Gasteiger partial charge in [-0.1, -0.05) is 18.2 Å². The third-order valence-corrected chi connectivity index (χ3v) is 10.6. The van der Waals surface area contributed by atoms with Crippen molar-refractivity contribution in [3.05, 3.63) is 41.6 Å². The number of alkyl halides is 3. The normalized spacial score (nSPS) is 32.7. The Morgan fingerprint density at radius 1 is 1.09 bits per heavy atom. The summed E-state index contributed by atoms with van der Waals surface area (Å²) in [5.41, 5.74) is 0.592. The number of hydrogen-bond acceptors (Lipinski definition) is 8. The molecule has 5 aliphatic rings. The number of nitrogens with zero attached hydrogens (tertiary/aromatic N) is 3. The Bertz CT molecular complexity index is 1340. The molecule has 2 aromatic rings. The molecule has 5 aliphatic carbocycles. The molecule has 4 bridgehead atoms. The standard InChI is InChI=1S/C33H43F3N6O2/c1-31(43)8-6-21(7-9-31)16-38-28-24-10-22-11-25(28)14-32(12-22,13-24)19-41-29-26(15-37)18-40-30(42-29)39-17-23-4-2-3-5-27(23)44-20-33(34,35)36/h2-5,18,21-22,24-25,28,38,43H,6-14,16-17,19-20H2,1H3,(H2,39,40,41,42)/t21?,22?,24-,25+,28?,31?,32?. The van der Waals surface area contributed by atoms with E-state index in [1.807, 2.05) is 6.92 Å². The highest BCUT2D eigenvalue weighted by Gasteiger charge is 2.55. The van der Waals surface area contributed by atoms with Gasteiger partial charge in [-0.3, -0.25) is 0 Å². The lowest BCUT2D eigenvalue weighted by molar-refractivity contribution is -0.153. The molecule has 8 nitrogen and oxygen atoms in total. The van der Waals surface area contributed by atoms with Crippen molar-refractivity contribution in [2.45, 2.75) is 89.1 Å². The lowest BCUT2D eigenvalue weighted by atomic mass is 9.48. The molecule has 0 saturated heterocycles. The maximum Gasteiger partial charge on any atom is 0.422 e. The van der Waals surface area contributed by atoms with Crippen LogP contribution in [0.25, 0.3) is 0 Å². The van der Waals surface area contributed by atoms with Gasteiger partial charge in [-0.05, 0) is 106 Å². The van der Waals surface area contributed by atoms with Crippen molar-refractivity contribution in [3.8, 4) is 11.8 Å². The molecule has 0 spiro atoms. The fourth-order valence-corrected chi connectivity index (χ4v) is 8.63. The summed E-state index contributed by atoms with van der Waals surface area (Å²) in [6.45, 7) is 2.56. The van der Waals surface area contributed by atoms with E-state index in [1.54, 1.807) is 18.2 Å². The van der Waals surface area contributed by atoms with Gasteiger partial charge < -0.3 is 25.8 Å². The van der Waals surface area contributed by atoms with Gasteiger partial charge >= 0.3 is 6.18 Å². The Labute approximate surface area is 257 Å². The molecule has 7 rings (SSSR count). The van der Waals surface area contributed by atoms with Gasteiger partial charge in [0.05, 0.1) is 11.8 Å². The molecule has 5 saturated carbocycles. The van der Waals surface area contributed by atoms with Crippen LogP contribution in [0.15, 0.2) is 30.5 Å². The van der Waals surface area contributed by atoms with Crippen LogP contribution in [0.5, 0.6) is 5.75 Å². The highest BCUT2D eigenvalue weighted by atomic mass is 19.4. The molecule has 5 atom stereocenters. The molecule has 1 heterocycles. The summed E-state index contributed by atoms with van der Waals surface area (Å²) in [5.74, 6) is 3.62. The first kappa shape index (κ1) is 30.9. The predicted octanol–water partition coefficient (Wildman–Crippen LogP) is 6.04. The average Bonchev–Trinajstić information content (AvgIpc) is 2.98. The number of benzene rings is 1. The van der Waals surface area contributed by atoms with Crippen LogP contribution < -0.4 is 20.7 Å². The number of para-hydroxylation sites is 1. The number of nitriles is 1. The minimum absolute atomic E-state index is 0.144. The lowest BCUT2D eigenvalue weighted by Crippen LogP contribution is -2.60. The molecular weight excluding hydrogens is 569 g/mol. The summed E-state index contributed by atoms with van der Waals surface area (Å²) in [5, 5.41) is 30.6. The van der Waals surface area contributed by atoms with Gasteiger partial charge in [0, 0.05) is 24.7 Å². The summed E-state index contributed by atoms with van der Waals surface area (Å²) < 4.78 is 43.1. The number of nitrogens with one attached hydrogen (secondary N) is 3. The summed E-state index contributed by atoms with van der Waals surface area (Å²) in [4.78, 5) is 8.85. The minimum Gasteiger partial charge on any atom is -0.484 e. The summed E-state index contributed by atoms with van der Waals surface area (Å²) in [6.07, 6.45) is 7.12. The molecular formula is C33H43F3N6O2. The summed E-state index contributed by atoms with van der Waals surface area (Å²) in [7, 11) is 0. The zero-order chi connectivity index (χ0) is 31.0. The van der Waals surface area contributed by atoms with Crippen molar-refractivity contribution >= 4 is 11.8 Å². The largest absolute Gasteiger partial charge is 0.484 e. The summed E-state index contributed by atoms with van der Waals surface area (Å²) in [6, 6.07) is 9.30. The van der Waals surface area contributed by atoms with Crippen LogP contribution in [0.2, 0.25) is 0 Å². The van der Waals surface area contributed by atoms with Crippen molar-refractivity contribution in [1.82, 2.24) is 15.3 Å². The summed E-state index contributed by atoms with van der Waals surface area (Å²) >= 11 is 0. The van der Waals surface area contributed by atoms with E-state index in [4.69, 9.17) is 4.74 Å². The number of anilines is 2. The fourth-order valence-electron chi connectivity index (χ4n) is 8.63. The predicted molar refractivity (Wildman–Crippen MR) is 161 cm³/mol. The van der Waals surface area contributed by atoms with Crippen LogP contribution in [-0.2, 0) is 6.54 Å². The minimum atomic E-state index is -4.43. The van der Waals surface area contributed by atoms with Crippen LogP contribution in [0.1, 0.15) is 75.8 Å². The van der Waals surface area contributed by atoms with E-state index < -0.39 is 18.4 Å². The highest BCUT2D eigenvalue weighted by molar-refractivity contribution is 5.53. The Balaban J connectivity index is 1.06. The van der Waals surface area contributed by atoms with Gasteiger partial charge in [0.15, 0.2) is 6.61 Å². The zero-order valence-electron chi connectivity index (χ0n) is 25.3. The molecule has 1 aromatic heterocycles. The van der Waals surface area contributed by atoms with Crippen LogP contribution in [0.3, 0.4) is 0 Å². The Morgan fingerprint density at radius 2 is 1.82 bits per heavy atom. The van der Waals surface area contributed by atoms with E-state index in [-0.39, 0.29) is 23.7 Å². The third-order valence-electron chi connectivity index (χ3n) is 10.6. The van der Waals surface area contributed by atoms with Gasteiger partial charge in [0.25, 0.3) is 0 Å². The van der Waals surface area contributed by atoms with Gasteiger partial charge in [0.2, 0.25) is 5.95 Å². The molecule has 3 unspecified atom stereocenters. The van der Waals surface area contributed by atoms with Gasteiger partial charge in [-0.25, -0.2) is 4.98 Å². The average molecular weight is 613 g/mol. The SMILES string of the molecule is CC1(O)CCC(CNC2[C@@H]3CC4C[C@H]2CC(CNc2nc(NCc5ccccc5OCC(F)(F)F)ncc2C#N)(C4)C3)CC1. The van der Waals surface area contributed by atoms with Crippen molar-refractivity contribution in [1.29, 1.82) is 5.26 Å². The van der Waals surface area contributed by atoms with Gasteiger partial charge in [-0.15, -0.1) is 0 Å². The number of hydrogen-bond donors (Lipinski definition) is 4. The van der Waals surface area contributed by atoms with E-state index >= 15 is 0 Å². The fraction of sp³-hybridized carbons (Fsp3) is 0.667. The second-order valence-electron chi connectivity index (χ2n) is 14.1. The van der Waals surface area contributed by atoms with Crippen LogP contribution in [0, 0.1) is 40.4 Å². The molecule has 238 valence electrons. The van der Waals surface area contributed by atoms with Crippen LogP contribution >= 0.6 is 0 Å². The molecule has 4 N–H and O–H groups in total. The van der Waals surface area contributed by atoms with E-state index in [2.05, 4.69) is 32.0 Å². The quantitative estimate of drug-likeness (QED) is 0.243. The first-order chi connectivity index (χ1) is 21.0. The van der Waals surface area contributed by atoms with E-state index in [0.29, 0.717) is 40.7 Å². The molecule has 44 heavy (non-hydrogen) atoms. The second kappa shape index (κ2) is 12.4. The molecule has 0 aliphatic heterocycles. The third kappa shape index (κ3) is 7.23. The number of aromatic nitrogens is 2. The monoisotopic (exact) mass is 612 g/mol. The Hall–Kier alpha value is -3.10. The van der Waals surface area contributed by atoms with Gasteiger partial charge in [-0.2, -0.15) is 23.4 Å². The highest BCUT2D eigenvalue weighted by Crippen LogP contribution is 2.60. The lowest BCUT2D eigenvalue weighted by Gasteiger charge is -2.60. The van der Waals surface area contributed by atoms with E-state index in [0.717, 1.165) is 57.5 Å². The van der Waals surface area contributed by atoms with Crippen LogP contribution in [-0.4, -0.2) is 52.6 Å². The zero-order valence-corrected chi connectivity index (χ0v) is 25.3. The van der Waals surface area contributed by atoms with Crippen LogP contribution in [0.4, 0.5) is 24.9 Å². The van der Waals surface area contributed by atoms with Crippen molar-refractivity contribution in [2.24, 2.45) is 29.1 Å². The Morgan fingerprint density at radius 3 is 2.52 bits per heavy atom. The first-order valence-corrected chi connectivity index (χ1v) is 16.0. The van der Waals surface area contributed by atoms with E-state index in [9.17, 15) is 23.5 Å². The molecule has 0 radical (unpaired) electrons. The molecule has 11 heteroatoms. The molecule has 1 aromatic carbocycles. The topological polar surface area (TPSA) is 115 Å². The van der Waals surface area contributed by atoms with Gasteiger partial charge in [0.1, 0.15) is 23.2 Å². The smallest absolute Gasteiger partial charge is 0.422 e. The second-order valence-corrected chi connectivity index (χ2v) is 14.1. The number of rotatable bonds is 11. The first-order valence-electron chi connectivity index (χ1n) is 16.0. The van der Waals surface area contributed by atoms with Crippen molar-refractivity contribution < 1.29 is 23.0 Å². The molecule has 0 amide bonds. The molecule has 5 fully saturated rings. The Kier molecular flexibility index (Phi) is 8.68. The van der Waals surface area contributed by atoms with Crippen molar-refractivity contribution in [2.75, 3.05) is 30.3 Å². The maximum atomic E-state index is 12.7.